The summed E-state index contributed by atoms with van der Waals surface area (Å²) in [5, 5.41) is 13.0. The number of carboxylic acid groups (broad SMARTS) is 1. The van der Waals surface area contributed by atoms with E-state index in [1.807, 2.05) is 6.92 Å². The van der Waals surface area contributed by atoms with E-state index in [0.717, 1.165) is 10.7 Å². The van der Waals surface area contributed by atoms with E-state index in [4.69, 9.17) is 4.52 Å². The summed E-state index contributed by atoms with van der Waals surface area (Å²) in [6.07, 6.45) is 1.92. The molecule has 0 saturated carbocycles. The van der Waals surface area contributed by atoms with Crippen molar-refractivity contribution in [3.63, 3.8) is 0 Å². The van der Waals surface area contributed by atoms with Crippen molar-refractivity contribution in [2.24, 2.45) is 5.92 Å². The second kappa shape index (κ2) is 6.15. The van der Waals surface area contributed by atoms with Crippen molar-refractivity contribution in [2.45, 2.75) is 44.9 Å². The highest BCUT2D eigenvalue weighted by Crippen LogP contribution is 2.28. The van der Waals surface area contributed by atoms with Gasteiger partial charge in [-0.15, -0.1) is 0 Å². The van der Waals surface area contributed by atoms with Crippen molar-refractivity contribution < 1.29 is 22.8 Å². The van der Waals surface area contributed by atoms with Gasteiger partial charge in [0.2, 0.25) is 10.0 Å². The molecule has 1 fully saturated rings. The lowest BCUT2D eigenvalue weighted by Crippen LogP contribution is -2.50. The zero-order valence-corrected chi connectivity index (χ0v) is 13.0. The summed E-state index contributed by atoms with van der Waals surface area (Å²) < 4.78 is 30.9. The number of carbonyl (C=O) groups is 1. The van der Waals surface area contributed by atoms with E-state index in [1.54, 1.807) is 13.0 Å². The molecule has 118 valence electrons. The standard InChI is InChI=1S/C13H20N2O5S/c1-3-10-4-5-15(12(7-10)13(16)17)21(18,19)8-11-6-9(2)20-14-11/h6,10,12H,3-5,7-8H2,1-2H3,(H,16,17). The van der Waals surface area contributed by atoms with E-state index in [9.17, 15) is 18.3 Å². The molecule has 21 heavy (non-hydrogen) atoms. The fourth-order valence-electron chi connectivity index (χ4n) is 2.70. The van der Waals surface area contributed by atoms with E-state index in [-0.39, 0.29) is 18.2 Å². The fraction of sp³-hybridized carbons (Fsp3) is 0.692. The molecule has 0 aromatic carbocycles. The van der Waals surface area contributed by atoms with Crippen LogP contribution in [-0.4, -0.2) is 41.5 Å². The Kier molecular flexibility index (Phi) is 4.67. The van der Waals surface area contributed by atoms with Crippen molar-refractivity contribution in [1.29, 1.82) is 0 Å². The van der Waals surface area contributed by atoms with Crippen LogP contribution in [0.1, 0.15) is 37.6 Å². The highest BCUT2D eigenvalue weighted by Gasteiger charge is 2.39. The van der Waals surface area contributed by atoms with Crippen LogP contribution in [0, 0.1) is 12.8 Å². The molecule has 1 N–H and O–H groups in total. The van der Waals surface area contributed by atoms with E-state index in [1.165, 1.54) is 0 Å². The van der Waals surface area contributed by atoms with Crippen molar-refractivity contribution in [2.75, 3.05) is 6.54 Å². The van der Waals surface area contributed by atoms with Crippen molar-refractivity contribution in [3.05, 3.63) is 17.5 Å². The number of hydrogen-bond donors (Lipinski definition) is 1. The molecule has 0 radical (unpaired) electrons. The number of aryl methyl sites for hydroxylation is 1. The maximum Gasteiger partial charge on any atom is 0.322 e. The van der Waals surface area contributed by atoms with Gasteiger partial charge in [-0.05, 0) is 25.7 Å². The fourth-order valence-corrected chi connectivity index (χ4v) is 4.32. The van der Waals surface area contributed by atoms with Gasteiger partial charge in [-0.25, -0.2) is 8.42 Å². The minimum Gasteiger partial charge on any atom is -0.480 e. The molecule has 0 amide bonds. The summed E-state index contributed by atoms with van der Waals surface area (Å²) in [7, 11) is -3.72. The number of carboxylic acids is 1. The molecular formula is C13H20N2O5S. The predicted molar refractivity (Wildman–Crippen MR) is 75.0 cm³/mol. The third kappa shape index (κ3) is 3.62. The van der Waals surface area contributed by atoms with Gasteiger partial charge in [0.25, 0.3) is 0 Å². The largest absolute Gasteiger partial charge is 0.480 e. The quantitative estimate of drug-likeness (QED) is 0.881. The highest BCUT2D eigenvalue weighted by atomic mass is 32.2. The number of sulfonamides is 1. The molecule has 8 heteroatoms. The van der Waals surface area contributed by atoms with Gasteiger partial charge >= 0.3 is 5.97 Å². The molecule has 1 aliphatic rings. The SMILES string of the molecule is CCC1CCN(S(=O)(=O)Cc2cc(C)on2)C(C(=O)O)C1. The van der Waals surface area contributed by atoms with Crippen LogP contribution in [0.15, 0.2) is 10.6 Å². The van der Waals surface area contributed by atoms with Gasteiger partial charge in [-0.2, -0.15) is 4.31 Å². The number of nitrogens with zero attached hydrogens (tertiary/aromatic N) is 2. The zero-order chi connectivity index (χ0) is 15.6. The molecule has 1 saturated heterocycles. The average molecular weight is 316 g/mol. The van der Waals surface area contributed by atoms with Crippen LogP contribution in [0.3, 0.4) is 0 Å². The van der Waals surface area contributed by atoms with Gasteiger partial charge < -0.3 is 9.63 Å². The van der Waals surface area contributed by atoms with Crippen molar-refractivity contribution in [1.82, 2.24) is 9.46 Å². The normalized spacial score (nSPS) is 24.1. The molecule has 2 unspecified atom stereocenters. The maximum absolute atomic E-state index is 12.5. The summed E-state index contributed by atoms with van der Waals surface area (Å²) in [5.74, 6) is -0.634. The molecule has 2 rings (SSSR count). The van der Waals surface area contributed by atoms with Crippen molar-refractivity contribution in [3.8, 4) is 0 Å². The molecule has 2 atom stereocenters. The number of piperidine rings is 1. The van der Waals surface area contributed by atoms with E-state index in [0.29, 0.717) is 24.3 Å². The summed E-state index contributed by atoms with van der Waals surface area (Å²) in [6, 6.07) is 0.563. The third-order valence-corrected chi connectivity index (χ3v) is 5.70. The Bertz CT molecular complexity index is 610. The Hall–Kier alpha value is -1.41. The molecule has 2 heterocycles. The van der Waals surface area contributed by atoms with Gasteiger partial charge in [0.15, 0.2) is 0 Å². The maximum atomic E-state index is 12.5. The van der Waals surface area contributed by atoms with Crippen molar-refractivity contribution >= 4 is 16.0 Å². The molecule has 1 aliphatic heterocycles. The summed E-state index contributed by atoms with van der Waals surface area (Å²) >= 11 is 0. The van der Waals surface area contributed by atoms with Crippen LogP contribution in [0.5, 0.6) is 0 Å². The monoisotopic (exact) mass is 316 g/mol. The van der Waals surface area contributed by atoms with Gasteiger partial charge in [0.05, 0.1) is 0 Å². The van der Waals surface area contributed by atoms with Gasteiger partial charge in [-0.3, -0.25) is 4.79 Å². The number of aromatic nitrogens is 1. The molecule has 0 bridgehead atoms. The van der Waals surface area contributed by atoms with E-state index >= 15 is 0 Å². The Morgan fingerprint density at radius 2 is 2.29 bits per heavy atom. The van der Waals surface area contributed by atoms with Crippen LogP contribution in [0.25, 0.3) is 0 Å². The first-order valence-electron chi connectivity index (χ1n) is 6.98. The average Bonchev–Trinajstić information content (AvgIpc) is 2.82. The van der Waals surface area contributed by atoms with Gasteiger partial charge in [-0.1, -0.05) is 18.5 Å². The first-order chi connectivity index (χ1) is 9.83. The molecule has 1 aromatic heterocycles. The van der Waals surface area contributed by atoms with E-state index < -0.39 is 22.0 Å². The Morgan fingerprint density at radius 3 is 2.81 bits per heavy atom. The molecule has 0 aliphatic carbocycles. The zero-order valence-electron chi connectivity index (χ0n) is 12.2. The number of aliphatic carboxylic acids is 1. The number of rotatable bonds is 5. The Morgan fingerprint density at radius 1 is 1.57 bits per heavy atom. The predicted octanol–water partition coefficient (Wildman–Crippen LogP) is 1.39. The molecular weight excluding hydrogens is 296 g/mol. The number of hydrogen-bond acceptors (Lipinski definition) is 5. The lowest BCUT2D eigenvalue weighted by Gasteiger charge is -2.35. The van der Waals surface area contributed by atoms with Crippen LogP contribution in [0.4, 0.5) is 0 Å². The Balaban J connectivity index is 2.19. The molecule has 7 nitrogen and oxygen atoms in total. The second-order valence-corrected chi connectivity index (χ2v) is 7.37. The van der Waals surface area contributed by atoms with Crippen LogP contribution >= 0.6 is 0 Å². The first-order valence-corrected chi connectivity index (χ1v) is 8.59. The van der Waals surface area contributed by atoms with Gasteiger partial charge in [0, 0.05) is 12.6 Å². The molecule has 0 spiro atoms. The summed E-state index contributed by atoms with van der Waals surface area (Å²) in [6.45, 7) is 3.91. The van der Waals surface area contributed by atoms with Gasteiger partial charge in [0.1, 0.15) is 23.2 Å². The topological polar surface area (TPSA) is 101 Å². The minimum atomic E-state index is -3.72. The third-order valence-electron chi connectivity index (χ3n) is 3.89. The summed E-state index contributed by atoms with van der Waals surface area (Å²) in [5.41, 5.74) is 0.300. The van der Waals surface area contributed by atoms with E-state index in [2.05, 4.69) is 5.16 Å². The lowest BCUT2D eigenvalue weighted by atomic mass is 9.90. The highest BCUT2D eigenvalue weighted by molar-refractivity contribution is 7.88. The summed E-state index contributed by atoms with van der Waals surface area (Å²) in [4.78, 5) is 11.4. The van der Waals surface area contributed by atoms with Crippen LogP contribution in [0.2, 0.25) is 0 Å². The second-order valence-electron chi connectivity index (χ2n) is 5.45. The first kappa shape index (κ1) is 16.0. The molecule has 1 aromatic rings. The minimum absolute atomic E-state index is 0.245. The Labute approximate surface area is 124 Å². The van der Waals surface area contributed by atoms with Crippen LogP contribution < -0.4 is 0 Å². The smallest absolute Gasteiger partial charge is 0.322 e. The van der Waals surface area contributed by atoms with Crippen LogP contribution in [-0.2, 0) is 20.6 Å². The lowest BCUT2D eigenvalue weighted by molar-refractivity contribution is -0.143.